The summed E-state index contributed by atoms with van der Waals surface area (Å²) in [5, 5.41) is 39.2. The van der Waals surface area contributed by atoms with Gasteiger partial charge in [-0.25, -0.2) is 9.78 Å². The third-order valence-electron chi connectivity index (χ3n) is 7.28. The Morgan fingerprint density at radius 2 is 2.15 bits per heavy atom. The normalized spacial score (nSPS) is 18.7. The van der Waals surface area contributed by atoms with Gasteiger partial charge in [0.1, 0.15) is 27.0 Å². The van der Waals surface area contributed by atoms with E-state index in [0.29, 0.717) is 5.57 Å². The van der Waals surface area contributed by atoms with Crippen LogP contribution in [0.3, 0.4) is 0 Å². The number of anilines is 1. The number of rotatable bonds is 14. The lowest BCUT2D eigenvalue weighted by Gasteiger charge is -2.50. The summed E-state index contributed by atoms with van der Waals surface area (Å²) in [4.78, 5) is 60.2. The largest absolute Gasteiger partial charge is 0.543 e. The highest BCUT2D eigenvalue weighted by Crippen LogP contribution is 2.40. The summed E-state index contributed by atoms with van der Waals surface area (Å²) < 4.78 is 3.97. The number of carboxylic acid groups (broad SMARTS) is 2. The number of aromatic nitrogens is 3. The number of nitrogens with two attached hydrogens (primary N) is 1. The topological polar surface area (TPSA) is 228 Å². The number of nitrogens with zero attached hydrogens (tertiary/aromatic N) is 5. The van der Waals surface area contributed by atoms with Gasteiger partial charge in [-0.1, -0.05) is 28.1 Å². The van der Waals surface area contributed by atoms with E-state index in [1.165, 1.54) is 11.8 Å². The number of aliphatic carboxylic acids is 2. The molecule has 0 saturated carbocycles. The van der Waals surface area contributed by atoms with Gasteiger partial charge >= 0.3 is 5.97 Å². The molecule has 0 spiro atoms. The Morgan fingerprint density at radius 3 is 2.80 bits per heavy atom. The third-order valence-corrected chi connectivity index (χ3v) is 9.71. The van der Waals surface area contributed by atoms with E-state index in [-0.39, 0.29) is 33.2 Å². The van der Waals surface area contributed by atoms with Crippen molar-refractivity contribution < 1.29 is 43.9 Å². The minimum atomic E-state index is -1.80. The predicted molar refractivity (Wildman–Crippen MR) is 165 cm³/mol. The van der Waals surface area contributed by atoms with Crippen molar-refractivity contribution in [3.05, 3.63) is 51.9 Å². The van der Waals surface area contributed by atoms with Crippen LogP contribution in [0.5, 0.6) is 0 Å². The van der Waals surface area contributed by atoms with Crippen LogP contribution in [0.2, 0.25) is 4.34 Å². The molecule has 6 N–H and O–H groups in total. The van der Waals surface area contributed by atoms with Gasteiger partial charge in [0.25, 0.3) is 11.8 Å². The lowest BCUT2D eigenvalue weighted by Crippen LogP contribution is -2.71. The molecule has 2 aliphatic rings. The maximum atomic E-state index is 13.3. The Hall–Kier alpha value is -4.23. The van der Waals surface area contributed by atoms with E-state index in [9.17, 15) is 29.4 Å². The summed E-state index contributed by atoms with van der Waals surface area (Å²) in [6.07, 6.45) is 2.94. The van der Waals surface area contributed by atoms with E-state index in [1.54, 1.807) is 0 Å². The predicted octanol–water partition coefficient (Wildman–Crippen LogP) is -1.50. The number of fused-ring (bicyclic) bond motifs is 2. The first kappa shape index (κ1) is 33.1. The molecular formula is C27H29ClN8O8S2. The summed E-state index contributed by atoms with van der Waals surface area (Å²) in [6.45, 7) is 0.902. The molecule has 0 bridgehead atoms. The fourth-order valence-electron chi connectivity index (χ4n) is 5.11. The molecule has 5 rings (SSSR count). The van der Waals surface area contributed by atoms with Crippen molar-refractivity contribution in [1.29, 1.82) is 0 Å². The number of hydrogen-bond acceptors (Lipinski definition) is 13. The SMILES string of the molecule is CNCCCn1ccc2c1ccc[n+]2CC1=C(C(=O)[O-])N2C(=O)C(NC(=O)/C(=N\O[C@H](CO)C(=O)O)c3nc(N)sc3Cl)C2SC1. The van der Waals surface area contributed by atoms with Gasteiger partial charge in [0, 0.05) is 36.2 Å². The zero-order valence-electron chi connectivity index (χ0n) is 24.2. The highest BCUT2D eigenvalue weighted by atomic mass is 35.5. The number of pyridine rings is 1. The molecule has 0 aromatic carbocycles. The Balaban J connectivity index is 1.37. The molecule has 2 unspecified atom stereocenters. The highest BCUT2D eigenvalue weighted by molar-refractivity contribution is 8.00. The molecule has 0 radical (unpaired) electrons. The standard InChI is InChI=1S/C27H29ClN8O8S2/c1-30-6-3-8-34-9-5-15-14(34)4-2-7-35(15)10-13-12-45-24-19(23(39)36(24)20(13)26(42)43)31-22(38)18(17-21(28)46-27(29)32-17)33-44-16(11-37)25(40)41/h2,4-5,7,9,16,19,24,30,37H,3,6,8,10-12H2,1H3,(H4-,29,31,32,38,40,41,42,43)/b33-18-/t16-,19?,24?/m1/s1. The number of thioether (sulfide) groups is 1. The van der Waals surface area contributed by atoms with E-state index in [0.717, 1.165) is 46.8 Å². The number of oxime groups is 1. The lowest BCUT2D eigenvalue weighted by atomic mass is 10.0. The number of carboxylic acids is 2. The lowest BCUT2D eigenvalue weighted by molar-refractivity contribution is -0.663. The van der Waals surface area contributed by atoms with Gasteiger partial charge in [-0.05, 0) is 26.1 Å². The highest BCUT2D eigenvalue weighted by Gasteiger charge is 2.53. The number of aliphatic hydroxyl groups is 1. The van der Waals surface area contributed by atoms with Crippen LogP contribution in [0.4, 0.5) is 5.13 Å². The van der Waals surface area contributed by atoms with E-state index in [1.807, 2.05) is 42.2 Å². The Kier molecular flexibility index (Phi) is 10.1. The molecule has 19 heteroatoms. The van der Waals surface area contributed by atoms with E-state index in [2.05, 4.69) is 25.3 Å². The van der Waals surface area contributed by atoms with Gasteiger partial charge in [0.05, 0.1) is 18.3 Å². The van der Waals surface area contributed by atoms with Crippen LogP contribution in [-0.4, -0.2) is 97.6 Å². The van der Waals surface area contributed by atoms with Gasteiger partial charge in [-0.15, -0.1) is 11.8 Å². The van der Waals surface area contributed by atoms with E-state index < -0.39 is 53.6 Å². The molecule has 3 aromatic rings. The maximum Gasteiger partial charge on any atom is 0.350 e. The molecule has 16 nitrogen and oxygen atoms in total. The monoisotopic (exact) mass is 692 g/mol. The Bertz CT molecular complexity index is 1760. The van der Waals surface area contributed by atoms with Crippen LogP contribution in [0.25, 0.3) is 11.0 Å². The summed E-state index contributed by atoms with van der Waals surface area (Å²) in [7, 11) is 1.89. The number of aryl methyl sites for hydroxylation is 1. The number of halogens is 1. The van der Waals surface area contributed by atoms with Crippen LogP contribution in [0.1, 0.15) is 12.1 Å². The second-order valence-corrected chi connectivity index (χ2v) is 12.9. The number of carbonyl (C=O) groups is 4. The number of hydrogen-bond donors (Lipinski definition) is 5. The Labute approximate surface area is 274 Å². The maximum absolute atomic E-state index is 13.3. The zero-order chi connectivity index (χ0) is 33.1. The molecular weight excluding hydrogens is 664 g/mol. The molecule has 46 heavy (non-hydrogen) atoms. The van der Waals surface area contributed by atoms with Gasteiger partial charge < -0.3 is 45.9 Å². The first-order valence-corrected chi connectivity index (χ1v) is 16.1. The summed E-state index contributed by atoms with van der Waals surface area (Å²) >= 11 is 8.22. The van der Waals surface area contributed by atoms with Crippen molar-refractivity contribution in [2.75, 3.05) is 31.7 Å². The van der Waals surface area contributed by atoms with E-state index in [4.69, 9.17) is 27.3 Å². The quantitative estimate of drug-likeness (QED) is 0.0428. The smallest absolute Gasteiger partial charge is 0.350 e. The van der Waals surface area contributed by atoms with Gasteiger partial charge in [0.15, 0.2) is 23.6 Å². The summed E-state index contributed by atoms with van der Waals surface area (Å²) in [5.41, 5.74) is 6.93. The second-order valence-electron chi connectivity index (χ2n) is 10.2. The van der Waals surface area contributed by atoms with Crippen LogP contribution in [0.15, 0.2) is 47.0 Å². The van der Waals surface area contributed by atoms with Crippen LogP contribution in [-0.2, 0) is 37.1 Å². The average Bonchev–Trinajstić information content (AvgIpc) is 3.59. The summed E-state index contributed by atoms with van der Waals surface area (Å²) in [5.74, 6) is -4.57. The first-order chi connectivity index (χ1) is 22.0. The Morgan fingerprint density at radius 1 is 1.37 bits per heavy atom. The van der Waals surface area contributed by atoms with Crippen molar-refractivity contribution in [2.24, 2.45) is 5.16 Å². The molecule has 2 amide bonds. The molecule has 2 aliphatic heterocycles. The summed E-state index contributed by atoms with van der Waals surface area (Å²) in [6, 6.07) is 4.64. The van der Waals surface area contributed by atoms with Crippen LogP contribution >= 0.6 is 34.7 Å². The third kappa shape index (κ3) is 6.52. The number of carbonyl (C=O) groups excluding carboxylic acids is 3. The van der Waals surface area contributed by atoms with Crippen molar-refractivity contribution >= 4 is 80.3 Å². The molecule has 3 atom stereocenters. The number of nitrogen functional groups attached to an aromatic ring is 1. The fraction of sp³-hybridized carbons (Fsp3) is 0.370. The zero-order valence-corrected chi connectivity index (χ0v) is 26.6. The molecule has 1 saturated heterocycles. The van der Waals surface area contributed by atoms with Crippen molar-refractivity contribution in [3.8, 4) is 0 Å². The minimum absolute atomic E-state index is 0.0265. The van der Waals surface area contributed by atoms with E-state index >= 15 is 0 Å². The van der Waals surface area contributed by atoms with Crippen LogP contribution < -0.4 is 26.0 Å². The van der Waals surface area contributed by atoms with Gasteiger partial charge in [-0.2, -0.15) is 4.57 Å². The number of thiazole rings is 1. The van der Waals surface area contributed by atoms with Crippen molar-refractivity contribution in [3.63, 3.8) is 0 Å². The number of β-lactam (4-membered cyclic amide) rings is 1. The first-order valence-electron chi connectivity index (χ1n) is 13.9. The number of nitrogens with one attached hydrogen (secondary N) is 2. The van der Waals surface area contributed by atoms with Gasteiger partial charge in [0.2, 0.25) is 11.6 Å². The molecule has 1 fully saturated rings. The van der Waals surface area contributed by atoms with Crippen LogP contribution in [0, 0.1) is 0 Å². The average molecular weight is 693 g/mol. The van der Waals surface area contributed by atoms with Crippen molar-refractivity contribution in [2.45, 2.75) is 37.0 Å². The second kappa shape index (κ2) is 14.0. The fourth-order valence-corrected chi connectivity index (χ4v) is 7.38. The minimum Gasteiger partial charge on any atom is -0.543 e. The number of amides is 2. The molecule has 0 aliphatic carbocycles. The molecule has 3 aromatic heterocycles. The van der Waals surface area contributed by atoms with Crippen molar-refractivity contribution in [1.82, 2.24) is 25.1 Å². The molecule has 244 valence electrons. The molecule has 5 heterocycles. The number of aliphatic hydroxyl groups excluding tert-OH is 1. The van der Waals surface area contributed by atoms with Gasteiger partial charge in [-0.3, -0.25) is 14.5 Å².